The zero-order valence-corrected chi connectivity index (χ0v) is 14.3. The van der Waals surface area contributed by atoms with Gasteiger partial charge in [-0.1, -0.05) is 17.7 Å². The molecule has 2 N–H and O–H groups in total. The van der Waals surface area contributed by atoms with E-state index in [1.165, 1.54) is 49.6 Å². The number of barbiturate groups is 1. The third kappa shape index (κ3) is 3.25. The van der Waals surface area contributed by atoms with E-state index in [1.54, 1.807) is 6.07 Å². The molecule has 1 aliphatic rings. The lowest BCUT2D eigenvalue weighted by atomic mass is 10.1. The van der Waals surface area contributed by atoms with Crippen LogP contribution in [0.25, 0.3) is 6.08 Å². The molecule has 0 bridgehead atoms. The lowest BCUT2D eigenvalue weighted by Gasteiger charge is -2.26. The number of benzene rings is 2. The Kier molecular flexibility index (Phi) is 4.64. The van der Waals surface area contributed by atoms with Crippen molar-refractivity contribution in [2.75, 3.05) is 12.0 Å². The number of phenols is 1. The number of nitrogens with zero attached hydrogens (tertiary/aromatic N) is 1. The zero-order chi connectivity index (χ0) is 18.8. The van der Waals surface area contributed by atoms with Gasteiger partial charge in [0.2, 0.25) is 0 Å². The summed E-state index contributed by atoms with van der Waals surface area (Å²) in [6.45, 7) is 0. The van der Waals surface area contributed by atoms with Gasteiger partial charge >= 0.3 is 6.03 Å². The number of urea groups is 1. The van der Waals surface area contributed by atoms with Gasteiger partial charge in [0.25, 0.3) is 11.8 Å². The molecule has 0 atom stereocenters. The van der Waals surface area contributed by atoms with Crippen molar-refractivity contribution in [2.24, 2.45) is 0 Å². The normalized spacial score (nSPS) is 16.0. The SMILES string of the molecule is COc1ccc(/C=C2/C(=O)NC(=O)N(c3ccc(Cl)cc3)C2=O)cc1O. The van der Waals surface area contributed by atoms with Gasteiger partial charge in [0.05, 0.1) is 12.8 Å². The minimum Gasteiger partial charge on any atom is -0.504 e. The number of anilines is 1. The summed E-state index contributed by atoms with van der Waals surface area (Å²) in [6, 6.07) is 9.59. The van der Waals surface area contributed by atoms with E-state index in [9.17, 15) is 19.5 Å². The third-order valence-corrected chi connectivity index (χ3v) is 3.95. The van der Waals surface area contributed by atoms with Gasteiger partial charge in [-0.2, -0.15) is 0 Å². The Bertz CT molecular complexity index is 937. The second-order valence-electron chi connectivity index (χ2n) is 5.37. The highest BCUT2D eigenvalue weighted by molar-refractivity contribution is 6.39. The van der Waals surface area contributed by atoms with Crippen LogP contribution in [0.1, 0.15) is 5.56 Å². The van der Waals surface area contributed by atoms with Gasteiger partial charge in [-0.25, -0.2) is 9.69 Å². The topological polar surface area (TPSA) is 95.9 Å². The van der Waals surface area contributed by atoms with Crippen molar-refractivity contribution < 1.29 is 24.2 Å². The molecule has 0 radical (unpaired) electrons. The number of ether oxygens (including phenoxy) is 1. The lowest BCUT2D eigenvalue weighted by Crippen LogP contribution is -2.54. The first-order valence-electron chi connectivity index (χ1n) is 7.44. The summed E-state index contributed by atoms with van der Waals surface area (Å²) in [6.07, 6.45) is 1.28. The van der Waals surface area contributed by atoms with Gasteiger partial charge in [-0.05, 0) is 48.0 Å². The summed E-state index contributed by atoms with van der Waals surface area (Å²) in [5.74, 6) is -1.49. The average molecular weight is 373 g/mol. The second kappa shape index (κ2) is 6.89. The number of hydrogen-bond acceptors (Lipinski definition) is 5. The minimum atomic E-state index is -0.850. The first-order chi connectivity index (χ1) is 12.4. The third-order valence-electron chi connectivity index (χ3n) is 3.70. The van der Waals surface area contributed by atoms with E-state index in [0.717, 1.165) is 4.90 Å². The first kappa shape index (κ1) is 17.5. The highest BCUT2D eigenvalue weighted by Gasteiger charge is 2.36. The van der Waals surface area contributed by atoms with E-state index in [4.69, 9.17) is 16.3 Å². The summed E-state index contributed by atoms with van der Waals surface area (Å²) in [4.78, 5) is 37.7. The standard InChI is InChI=1S/C18H13ClN2O5/c1-26-15-7-2-10(9-14(15)22)8-13-16(23)20-18(25)21(17(13)24)12-5-3-11(19)4-6-12/h2-9,22H,1H3,(H,20,23,25)/b13-8-. The van der Waals surface area contributed by atoms with Gasteiger partial charge in [0.15, 0.2) is 11.5 Å². The number of hydrogen-bond donors (Lipinski definition) is 2. The number of phenolic OH excluding ortho intramolecular Hbond substituents is 1. The van der Waals surface area contributed by atoms with Crippen molar-refractivity contribution in [3.63, 3.8) is 0 Å². The second-order valence-corrected chi connectivity index (χ2v) is 5.80. The van der Waals surface area contributed by atoms with Gasteiger partial charge in [0.1, 0.15) is 5.57 Å². The Labute approximate surface area is 153 Å². The van der Waals surface area contributed by atoms with E-state index in [0.29, 0.717) is 10.6 Å². The molecule has 26 heavy (non-hydrogen) atoms. The molecular formula is C18H13ClN2O5. The number of halogens is 1. The van der Waals surface area contributed by atoms with Gasteiger partial charge < -0.3 is 9.84 Å². The summed E-state index contributed by atoms with van der Waals surface area (Å²) >= 11 is 5.82. The summed E-state index contributed by atoms with van der Waals surface area (Å²) < 4.78 is 4.95. The first-order valence-corrected chi connectivity index (χ1v) is 7.82. The van der Waals surface area contributed by atoms with Gasteiger partial charge in [-0.15, -0.1) is 0 Å². The molecule has 4 amide bonds. The van der Waals surface area contributed by atoms with Crippen LogP contribution in [0.4, 0.5) is 10.5 Å². The number of imide groups is 2. The Balaban J connectivity index is 1.99. The van der Waals surface area contributed by atoms with Gasteiger partial charge in [-0.3, -0.25) is 14.9 Å². The molecule has 8 heteroatoms. The maximum atomic E-state index is 12.7. The minimum absolute atomic E-state index is 0.142. The fourth-order valence-electron chi connectivity index (χ4n) is 2.45. The molecule has 132 valence electrons. The predicted octanol–water partition coefficient (Wildman–Crippen LogP) is 2.72. The van der Waals surface area contributed by atoms with Gasteiger partial charge in [0, 0.05) is 5.02 Å². The van der Waals surface area contributed by atoms with E-state index < -0.39 is 17.8 Å². The zero-order valence-electron chi connectivity index (χ0n) is 13.5. The number of carbonyl (C=O) groups excluding carboxylic acids is 3. The average Bonchev–Trinajstić information content (AvgIpc) is 2.60. The van der Waals surface area contributed by atoms with Crippen molar-refractivity contribution in [2.45, 2.75) is 0 Å². The molecule has 2 aromatic rings. The maximum Gasteiger partial charge on any atom is 0.335 e. The molecule has 0 aliphatic carbocycles. The van der Waals surface area contributed by atoms with Crippen molar-refractivity contribution in [1.29, 1.82) is 0 Å². The lowest BCUT2D eigenvalue weighted by molar-refractivity contribution is -0.122. The fraction of sp³-hybridized carbons (Fsp3) is 0.0556. The van der Waals surface area contributed by atoms with Crippen LogP contribution in [-0.4, -0.2) is 30.1 Å². The largest absolute Gasteiger partial charge is 0.504 e. The molecule has 3 rings (SSSR count). The predicted molar refractivity (Wildman–Crippen MR) is 95.1 cm³/mol. The number of nitrogens with one attached hydrogen (secondary N) is 1. The molecule has 0 unspecified atom stereocenters. The Hall–Kier alpha value is -3.32. The van der Waals surface area contributed by atoms with Crippen molar-refractivity contribution in [3.05, 3.63) is 58.6 Å². The molecule has 7 nitrogen and oxygen atoms in total. The van der Waals surface area contributed by atoms with Crippen molar-refractivity contribution in [3.8, 4) is 11.5 Å². The molecule has 1 saturated heterocycles. The maximum absolute atomic E-state index is 12.7. The van der Waals surface area contributed by atoms with Crippen LogP contribution in [0.5, 0.6) is 11.5 Å². The molecule has 2 aromatic carbocycles. The summed E-state index contributed by atoms with van der Waals surface area (Å²) in [5.41, 5.74) is 0.421. The van der Waals surface area contributed by atoms with Crippen LogP contribution in [0.3, 0.4) is 0 Å². The van der Waals surface area contributed by atoms with Crippen molar-refractivity contribution >= 4 is 41.2 Å². The smallest absolute Gasteiger partial charge is 0.335 e. The van der Waals surface area contributed by atoms with Crippen LogP contribution >= 0.6 is 11.6 Å². The molecule has 0 spiro atoms. The molecular weight excluding hydrogens is 360 g/mol. The van der Waals surface area contributed by atoms with Crippen LogP contribution in [0, 0.1) is 0 Å². The Morgan fingerprint density at radius 2 is 1.81 bits per heavy atom. The number of rotatable bonds is 3. The van der Waals surface area contributed by atoms with Crippen LogP contribution < -0.4 is 15.0 Å². The highest BCUT2D eigenvalue weighted by atomic mass is 35.5. The van der Waals surface area contributed by atoms with E-state index in [2.05, 4.69) is 5.32 Å². The Morgan fingerprint density at radius 1 is 1.12 bits per heavy atom. The van der Waals surface area contributed by atoms with Crippen LogP contribution in [0.2, 0.25) is 5.02 Å². The molecule has 0 saturated carbocycles. The molecule has 1 fully saturated rings. The quantitative estimate of drug-likeness (QED) is 0.638. The van der Waals surface area contributed by atoms with E-state index >= 15 is 0 Å². The Morgan fingerprint density at radius 3 is 2.42 bits per heavy atom. The number of carbonyl (C=O) groups is 3. The summed E-state index contributed by atoms with van der Waals surface area (Å²) in [5, 5.41) is 12.4. The van der Waals surface area contributed by atoms with Crippen LogP contribution in [0.15, 0.2) is 48.0 Å². The highest BCUT2D eigenvalue weighted by Crippen LogP contribution is 2.28. The van der Waals surface area contributed by atoms with Crippen LogP contribution in [-0.2, 0) is 9.59 Å². The number of amides is 4. The molecule has 1 heterocycles. The molecule has 0 aromatic heterocycles. The fourth-order valence-corrected chi connectivity index (χ4v) is 2.57. The molecule has 1 aliphatic heterocycles. The monoisotopic (exact) mass is 372 g/mol. The number of aromatic hydroxyl groups is 1. The van der Waals surface area contributed by atoms with Crippen molar-refractivity contribution in [1.82, 2.24) is 5.32 Å². The van der Waals surface area contributed by atoms with E-state index in [-0.39, 0.29) is 22.8 Å². The summed E-state index contributed by atoms with van der Waals surface area (Å²) in [7, 11) is 1.40. The number of methoxy groups -OCH3 is 1. The van der Waals surface area contributed by atoms with E-state index in [1.807, 2.05) is 0 Å².